The third-order valence-corrected chi connectivity index (χ3v) is 3.24. The number of hydrogen-bond acceptors (Lipinski definition) is 6. The van der Waals surface area contributed by atoms with Crippen LogP contribution in [0.4, 0.5) is 5.69 Å². The van der Waals surface area contributed by atoms with Gasteiger partial charge in [-0.1, -0.05) is 0 Å². The molecule has 19 heavy (non-hydrogen) atoms. The molecule has 0 aromatic heterocycles. The molecule has 0 heterocycles. The lowest BCUT2D eigenvalue weighted by atomic mass is 10.3. The van der Waals surface area contributed by atoms with E-state index in [0.717, 1.165) is 18.4 Å². The first-order valence-electron chi connectivity index (χ1n) is 5.05. The molecule has 1 aromatic carbocycles. The molecule has 0 saturated heterocycles. The Kier molecular flexibility index (Phi) is 4.43. The van der Waals surface area contributed by atoms with Crippen LogP contribution >= 0.6 is 0 Å². The van der Waals surface area contributed by atoms with Gasteiger partial charge in [-0.2, -0.15) is 0 Å². The Morgan fingerprint density at radius 3 is 2.58 bits per heavy atom. The van der Waals surface area contributed by atoms with Crippen LogP contribution in [-0.4, -0.2) is 37.3 Å². The maximum absolute atomic E-state index is 11.3. The van der Waals surface area contributed by atoms with Crippen LogP contribution in [0.3, 0.4) is 0 Å². The van der Waals surface area contributed by atoms with E-state index >= 15 is 0 Å². The molecule has 0 spiro atoms. The molecule has 0 unspecified atom stereocenters. The summed E-state index contributed by atoms with van der Waals surface area (Å²) in [6, 6.07) is 3.18. The van der Waals surface area contributed by atoms with E-state index in [0.29, 0.717) is 0 Å². The lowest BCUT2D eigenvalue weighted by Crippen LogP contribution is -2.07. The van der Waals surface area contributed by atoms with Gasteiger partial charge in [0, 0.05) is 12.3 Å². The zero-order valence-electron chi connectivity index (χ0n) is 9.90. The van der Waals surface area contributed by atoms with Crippen molar-refractivity contribution in [3.8, 4) is 5.75 Å². The van der Waals surface area contributed by atoms with Crippen LogP contribution in [0.2, 0.25) is 0 Å². The summed E-state index contributed by atoms with van der Waals surface area (Å²) in [7, 11) is -3.56. The second kappa shape index (κ2) is 5.65. The highest BCUT2D eigenvalue weighted by Crippen LogP contribution is 2.29. The van der Waals surface area contributed by atoms with Gasteiger partial charge in [-0.3, -0.25) is 14.9 Å². The molecule has 104 valence electrons. The van der Waals surface area contributed by atoms with E-state index in [1.54, 1.807) is 0 Å². The summed E-state index contributed by atoms with van der Waals surface area (Å²) in [5.74, 6) is -1.27. The molecule has 8 nitrogen and oxygen atoms in total. The molecule has 0 saturated carbocycles. The van der Waals surface area contributed by atoms with Crippen molar-refractivity contribution in [1.82, 2.24) is 0 Å². The second-order valence-electron chi connectivity index (χ2n) is 3.65. The number of nitro benzene ring substituents is 1. The van der Waals surface area contributed by atoms with Crippen molar-refractivity contribution in [2.45, 2.75) is 11.3 Å². The summed E-state index contributed by atoms with van der Waals surface area (Å²) in [6.07, 6.45) is 0.613. The lowest BCUT2D eigenvalue weighted by Gasteiger charge is -2.06. The van der Waals surface area contributed by atoms with Gasteiger partial charge in [-0.15, -0.1) is 0 Å². The van der Waals surface area contributed by atoms with E-state index in [1.165, 1.54) is 6.07 Å². The van der Waals surface area contributed by atoms with E-state index in [9.17, 15) is 23.3 Å². The molecule has 1 rings (SSSR count). The van der Waals surface area contributed by atoms with E-state index in [4.69, 9.17) is 9.84 Å². The highest BCUT2D eigenvalue weighted by atomic mass is 32.2. The molecule has 1 N–H and O–H groups in total. The average molecular weight is 289 g/mol. The van der Waals surface area contributed by atoms with Crippen LogP contribution in [0, 0.1) is 10.1 Å². The Morgan fingerprint density at radius 2 is 2.11 bits per heavy atom. The molecule has 0 fully saturated rings. The summed E-state index contributed by atoms with van der Waals surface area (Å²) in [4.78, 5) is 20.1. The number of nitrogens with zero attached hydrogens (tertiary/aromatic N) is 1. The van der Waals surface area contributed by atoms with Crippen molar-refractivity contribution >= 4 is 21.5 Å². The topological polar surface area (TPSA) is 124 Å². The molecule has 0 bridgehead atoms. The molecular formula is C10H11NO7S. The first-order chi connectivity index (χ1) is 8.71. The summed E-state index contributed by atoms with van der Waals surface area (Å²) in [5, 5.41) is 19.2. The largest absolute Gasteiger partial charge is 0.486 e. The van der Waals surface area contributed by atoms with Crippen LogP contribution in [0.1, 0.15) is 6.42 Å². The summed E-state index contributed by atoms with van der Waals surface area (Å²) in [5.41, 5.74) is -0.520. The number of benzene rings is 1. The maximum atomic E-state index is 11.3. The van der Waals surface area contributed by atoms with Crippen LogP contribution in [0.15, 0.2) is 23.1 Å². The third-order valence-electron chi connectivity index (χ3n) is 2.13. The highest BCUT2D eigenvalue weighted by Gasteiger charge is 2.19. The van der Waals surface area contributed by atoms with E-state index < -0.39 is 26.4 Å². The number of carboxylic acids is 1. The van der Waals surface area contributed by atoms with Gasteiger partial charge < -0.3 is 9.84 Å². The van der Waals surface area contributed by atoms with Crippen molar-refractivity contribution in [3.05, 3.63) is 28.3 Å². The monoisotopic (exact) mass is 289 g/mol. The molecule has 0 radical (unpaired) electrons. The van der Waals surface area contributed by atoms with Gasteiger partial charge in [-0.05, 0) is 12.1 Å². The van der Waals surface area contributed by atoms with Crippen LogP contribution in [0.5, 0.6) is 5.75 Å². The van der Waals surface area contributed by atoms with Crippen LogP contribution < -0.4 is 4.74 Å². The SMILES string of the molecule is CS(=O)(=O)c1ccc(OCCC(=O)O)c([N+](=O)[O-])c1. The minimum atomic E-state index is -3.56. The molecular weight excluding hydrogens is 278 g/mol. The van der Waals surface area contributed by atoms with Gasteiger partial charge in [0.05, 0.1) is 22.8 Å². The van der Waals surface area contributed by atoms with Crippen molar-refractivity contribution < 1.29 is 28.0 Å². The Labute approximate surface area is 108 Å². The standard InChI is InChI=1S/C10H11NO7S/c1-19(16,17)7-2-3-9(8(6-7)11(14)15)18-5-4-10(12)13/h2-3,6H,4-5H2,1H3,(H,12,13). The molecule has 0 aliphatic heterocycles. The molecule has 0 aliphatic rings. The average Bonchev–Trinajstić information content (AvgIpc) is 2.27. The lowest BCUT2D eigenvalue weighted by molar-refractivity contribution is -0.386. The first kappa shape index (κ1) is 14.9. The normalized spacial score (nSPS) is 11.0. The number of sulfone groups is 1. The van der Waals surface area contributed by atoms with Gasteiger partial charge in [-0.25, -0.2) is 8.42 Å². The number of carbonyl (C=O) groups is 1. The molecule has 0 aliphatic carbocycles. The summed E-state index contributed by atoms with van der Waals surface area (Å²) < 4.78 is 27.5. The van der Waals surface area contributed by atoms with Crippen molar-refractivity contribution in [2.75, 3.05) is 12.9 Å². The minimum absolute atomic E-state index is 0.168. The fourth-order valence-electron chi connectivity index (χ4n) is 1.24. The number of aliphatic carboxylic acids is 1. The fourth-order valence-corrected chi connectivity index (χ4v) is 1.88. The number of rotatable bonds is 6. The van der Waals surface area contributed by atoms with Crippen molar-refractivity contribution in [2.24, 2.45) is 0 Å². The number of carboxylic acid groups (broad SMARTS) is 1. The third kappa shape index (κ3) is 4.21. The molecule has 0 atom stereocenters. The number of ether oxygens (including phenoxy) is 1. The fraction of sp³-hybridized carbons (Fsp3) is 0.300. The van der Waals surface area contributed by atoms with Crippen LogP contribution in [0.25, 0.3) is 0 Å². The molecule has 9 heteroatoms. The number of nitro groups is 1. The Bertz CT molecular complexity index is 608. The van der Waals surface area contributed by atoms with E-state index in [1.807, 2.05) is 0 Å². The summed E-state index contributed by atoms with van der Waals surface area (Å²) in [6.45, 7) is -0.242. The van der Waals surface area contributed by atoms with Crippen molar-refractivity contribution in [1.29, 1.82) is 0 Å². The summed E-state index contributed by atoms with van der Waals surface area (Å²) >= 11 is 0. The Balaban J connectivity index is 3.06. The molecule has 1 aromatic rings. The van der Waals surface area contributed by atoms with E-state index in [-0.39, 0.29) is 23.7 Å². The van der Waals surface area contributed by atoms with E-state index in [2.05, 4.69) is 0 Å². The molecule has 0 amide bonds. The highest BCUT2D eigenvalue weighted by molar-refractivity contribution is 7.90. The maximum Gasteiger partial charge on any atom is 0.312 e. The van der Waals surface area contributed by atoms with Crippen molar-refractivity contribution in [3.63, 3.8) is 0 Å². The quantitative estimate of drug-likeness (QED) is 0.608. The zero-order valence-corrected chi connectivity index (χ0v) is 10.7. The predicted molar refractivity (Wildman–Crippen MR) is 64.0 cm³/mol. The smallest absolute Gasteiger partial charge is 0.312 e. The van der Waals surface area contributed by atoms with Gasteiger partial charge in [0.25, 0.3) is 0 Å². The first-order valence-corrected chi connectivity index (χ1v) is 6.94. The van der Waals surface area contributed by atoms with Gasteiger partial charge in [0.1, 0.15) is 0 Å². The predicted octanol–water partition coefficient (Wildman–Crippen LogP) is 0.852. The van der Waals surface area contributed by atoms with Crippen LogP contribution in [-0.2, 0) is 14.6 Å². The Morgan fingerprint density at radius 1 is 1.47 bits per heavy atom. The second-order valence-corrected chi connectivity index (χ2v) is 5.67. The minimum Gasteiger partial charge on any atom is -0.486 e. The zero-order chi connectivity index (χ0) is 14.6. The van der Waals surface area contributed by atoms with Gasteiger partial charge in [0.15, 0.2) is 15.6 Å². The van der Waals surface area contributed by atoms with Gasteiger partial charge >= 0.3 is 11.7 Å². The van der Waals surface area contributed by atoms with Gasteiger partial charge in [0.2, 0.25) is 0 Å². The Hall–Kier alpha value is -2.16. The number of hydrogen-bond donors (Lipinski definition) is 1.